The van der Waals surface area contributed by atoms with Crippen LogP contribution < -0.4 is 10.1 Å². The molecule has 4 nitrogen and oxygen atoms in total. The molecule has 1 rings (SSSR count). The Bertz CT molecular complexity index is 418. The molecule has 0 aliphatic rings. The van der Waals surface area contributed by atoms with Gasteiger partial charge in [-0.15, -0.1) is 0 Å². The minimum absolute atomic E-state index is 0.00562. The van der Waals surface area contributed by atoms with Crippen LogP contribution in [0.5, 0.6) is 5.75 Å². The number of hydrogen-bond donors (Lipinski definition) is 2. The first kappa shape index (κ1) is 16.5. The number of benzene rings is 1. The van der Waals surface area contributed by atoms with Crippen LogP contribution >= 0.6 is 0 Å². The fraction of sp³-hybridized carbons (Fsp3) is 0.562. The van der Waals surface area contributed by atoms with Crippen molar-refractivity contribution >= 4 is 5.91 Å². The third-order valence-electron chi connectivity index (χ3n) is 3.30. The minimum atomic E-state index is -0.150. The number of carbonyl (C=O) groups is 1. The number of para-hydroxylation sites is 1. The van der Waals surface area contributed by atoms with E-state index in [0.717, 1.165) is 17.7 Å². The zero-order chi connectivity index (χ0) is 15.0. The van der Waals surface area contributed by atoms with Crippen LogP contribution in [0.25, 0.3) is 0 Å². The van der Waals surface area contributed by atoms with Gasteiger partial charge in [0, 0.05) is 12.6 Å². The predicted molar refractivity (Wildman–Crippen MR) is 79.8 cm³/mol. The van der Waals surface area contributed by atoms with Gasteiger partial charge < -0.3 is 15.2 Å². The SMILES string of the molecule is CCc1ccccc1OCC(=O)NC(CCO)C(C)C. The molecule has 1 atom stereocenters. The van der Waals surface area contributed by atoms with E-state index in [1.54, 1.807) is 0 Å². The molecule has 0 heterocycles. The third kappa shape index (κ3) is 5.21. The summed E-state index contributed by atoms with van der Waals surface area (Å²) in [6.45, 7) is 6.17. The van der Waals surface area contributed by atoms with Gasteiger partial charge in [0.05, 0.1) is 0 Å². The maximum Gasteiger partial charge on any atom is 0.258 e. The lowest BCUT2D eigenvalue weighted by Crippen LogP contribution is -2.41. The predicted octanol–water partition coefficient (Wildman–Crippen LogP) is 2.15. The van der Waals surface area contributed by atoms with E-state index in [0.29, 0.717) is 6.42 Å². The van der Waals surface area contributed by atoms with Crippen molar-refractivity contribution in [3.63, 3.8) is 0 Å². The number of aliphatic hydroxyl groups excluding tert-OH is 1. The summed E-state index contributed by atoms with van der Waals surface area (Å²) in [6, 6.07) is 7.71. The molecule has 4 heteroatoms. The molecule has 1 aromatic rings. The van der Waals surface area contributed by atoms with Gasteiger partial charge in [-0.25, -0.2) is 0 Å². The van der Waals surface area contributed by atoms with Crippen molar-refractivity contribution in [3.05, 3.63) is 29.8 Å². The average Bonchev–Trinajstić information content (AvgIpc) is 2.44. The van der Waals surface area contributed by atoms with E-state index in [2.05, 4.69) is 12.2 Å². The standard InChI is InChI=1S/C16H25NO3/c1-4-13-7-5-6-8-15(13)20-11-16(19)17-14(9-10-18)12(2)3/h5-8,12,14,18H,4,9-11H2,1-3H3,(H,17,19). The Hall–Kier alpha value is -1.55. The fourth-order valence-electron chi connectivity index (χ4n) is 2.04. The minimum Gasteiger partial charge on any atom is -0.483 e. The van der Waals surface area contributed by atoms with Crippen molar-refractivity contribution in [2.75, 3.05) is 13.2 Å². The Kier molecular flexibility index (Phi) is 7.09. The van der Waals surface area contributed by atoms with Gasteiger partial charge in [-0.2, -0.15) is 0 Å². The summed E-state index contributed by atoms with van der Waals surface area (Å²) in [7, 11) is 0. The van der Waals surface area contributed by atoms with Crippen LogP contribution in [-0.4, -0.2) is 30.3 Å². The lowest BCUT2D eigenvalue weighted by atomic mass is 10.0. The quantitative estimate of drug-likeness (QED) is 0.766. The van der Waals surface area contributed by atoms with Crippen molar-refractivity contribution in [3.8, 4) is 5.75 Å². The van der Waals surface area contributed by atoms with E-state index in [9.17, 15) is 4.79 Å². The molecule has 0 aromatic heterocycles. The molecule has 0 bridgehead atoms. The molecular weight excluding hydrogens is 254 g/mol. The van der Waals surface area contributed by atoms with Crippen molar-refractivity contribution in [1.82, 2.24) is 5.32 Å². The fourth-order valence-corrected chi connectivity index (χ4v) is 2.04. The second kappa shape index (κ2) is 8.59. The summed E-state index contributed by atoms with van der Waals surface area (Å²) in [4.78, 5) is 11.9. The molecule has 2 N–H and O–H groups in total. The molecule has 0 fully saturated rings. The van der Waals surface area contributed by atoms with Crippen LogP contribution in [0.4, 0.5) is 0 Å². The Balaban J connectivity index is 2.50. The van der Waals surface area contributed by atoms with Gasteiger partial charge in [0.25, 0.3) is 5.91 Å². The Morgan fingerprint density at radius 2 is 2.05 bits per heavy atom. The average molecular weight is 279 g/mol. The number of aliphatic hydroxyl groups is 1. The molecule has 1 unspecified atom stereocenters. The normalized spacial score (nSPS) is 12.2. The lowest BCUT2D eigenvalue weighted by Gasteiger charge is -2.21. The first-order chi connectivity index (χ1) is 9.58. The largest absolute Gasteiger partial charge is 0.483 e. The highest BCUT2D eigenvalue weighted by Gasteiger charge is 2.16. The maximum absolute atomic E-state index is 11.9. The van der Waals surface area contributed by atoms with Crippen LogP contribution in [0.1, 0.15) is 32.8 Å². The number of nitrogens with one attached hydrogen (secondary N) is 1. The highest BCUT2D eigenvalue weighted by molar-refractivity contribution is 5.77. The highest BCUT2D eigenvalue weighted by Crippen LogP contribution is 2.18. The topological polar surface area (TPSA) is 58.6 Å². The maximum atomic E-state index is 11.9. The van der Waals surface area contributed by atoms with Crippen LogP contribution in [0.15, 0.2) is 24.3 Å². The van der Waals surface area contributed by atoms with Crippen LogP contribution in [0, 0.1) is 5.92 Å². The summed E-state index contributed by atoms with van der Waals surface area (Å²) in [6.07, 6.45) is 1.44. The summed E-state index contributed by atoms with van der Waals surface area (Å²) >= 11 is 0. The molecule has 0 radical (unpaired) electrons. The lowest BCUT2D eigenvalue weighted by molar-refractivity contribution is -0.124. The summed E-state index contributed by atoms with van der Waals surface area (Å²) in [5.74, 6) is 0.894. The molecule has 0 aliphatic carbocycles. The van der Waals surface area contributed by atoms with Crippen LogP contribution in [0.3, 0.4) is 0 Å². The first-order valence-electron chi connectivity index (χ1n) is 7.19. The van der Waals surface area contributed by atoms with E-state index < -0.39 is 0 Å². The molecule has 0 aliphatic heterocycles. The number of rotatable bonds is 8. The first-order valence-corrected chi connectivity index (χ1v) is 7.19. The number of carbonyl (C=O) groups excluding carboxylic acids is 1. The number of hydrogen-bond acceptors (Lipinski definition) is 3. The monoisotopic (exact) mass is 279 g/mol. The summed E-state index contributed by atoms with van der Waals surface area (Å²) in [5, 5.41) is 11.9. The van der Waals surface area contributed by atoms with E-state index in [1.807, 2.05) is 38.1 Å². The van der Waals surface area contributed by atoms with Gasteiger partial charge in [0.15, 0.2) is 6.61 Å². The zero-order valence-corrected chi connectivity index (χ0v) is 12.6. The van der Waals surface area contributed by atoms with E-state index in [4.69, 9.17) is 9.84 Å². The van der Waals surface area contributed by atoms with E-state index >= 15 is 0 Å². The second-order valence-electron chi connectivity index (χ2n) is 5.18. The van der Waals surface area contributed by atoms with Crippen molar-refractivity contribution in [2.24, 2.45) is 5.92 Å². The molecule has 0 saturated carbocycles. The third-order valence-corrected chi connectivity index (χ3v) is 3.30. The molecule has 1 aromatic carbocycles. The van der Waals surface area contributed by atoms with Crippen molar-refractivity contribution in [2.45, 2.75) is 39.7 Å². The Labute approximate surface area is 121 Å². The van der Waals surface area contributed by atoms with Gasteiger partial charge in [0.2, 0.25) is 0 Å². The number of aryl methyl sites for hydroxylation is 1. The van der Waals surface area contributed by atoms with Gasteiger partial charge in [-0.1, -0.05) is 39.0 Å². The van der Waals surface area contributed by atoms with E-state index in [1.165, 1.54) is 0 Å². The molecular formula is C16H25NO3. The second-order valence-corrected chi connectivity index (χ2v) is 5.18. The smallest absolute Gasteiger partial charge is 0.258 e. The molecule has 20 heavy (non-hydrogen) atoms. The number of amides is 1. The highest BCUT2D eigenvalue weighted by atomic mass is 16.5. The zero-order valence-electron chi connectivity index (χ0n) is 12.6. The molecule has 0 saturated heterocycles. The van der Waals surface area contributed by atoms with Crippen molar-refractivity contribution in [1.29, 1.82) is 0 Å². The van der Waals surface area contributed by atoms with Crippen molar-refractivity contribution < 1.29 is 14.6 Å². The Morgan fingerprint density at radius 1 is 1.35 bits per heavy atom. The molecule has 1 amide bonds. The molecule has 112 valence electrons. The van der Waals surface area contributed by atoms with Crippen LogP contribution in [0.2, 0.25) is 0 Å². The van der Waals surface area contributed by atoms with Gasteiger partial charge in [0.1, 0.15) is 5.75 Å². The summed E-state index contributed by atoms with van der Waals surface area (Å²) in [5.41, 5.74) is 1.09. The Morgan fingerprint density at radius 3 is 2.65 bits per heavy atom. The van der Waals surface area contributed by atoms with Crippen LogP contribution in [-0.2, 0) is 11.2 Å². The van der Waals surface area contributed by atoms with Gasteiger partial charge in [-0.05, 0) is 30.4 Å². The van der Waals surface area contributed by atoms with E-state index in [-0.39, 0.29) is 31.1 Å². The summed E-state index contributed by atoms with van der Waals surface area (Å²) < 4.78 is 5.57. The molecule has 0 spiro atoms. The van der Waals surface area contributed by atoms with Gasteiger partial charge in [-0.3, -0.25) is 4.79 Å². The number of ether oxygens (including phenoxy) is 1. The van der Waals surface area contributed by atoms with Gasteiger partial charge >= 0.3 is 0 Å².